The Morgan fingerprint density at radius 2 is 2.00 bits per heavy atom. The van der Waals surface area contributed by atoms with Crippen LogP contribution in [0.5, 0.6) is 11.5 Å². The molecule has 132 valence electrons. The number of benzene rings is 1. The first kappa shape index (κ1) is 17.7. The summed E-state index contributed by atoms with van der Waals surface area (Å²) in [6.07, 6.45) is 0. The predicted octanol–water partition coefficient (Wildman–Crippen LogP) is 3.69. The fraction of sp³-hybridized carbons (Fsp3) is 0.375. The van der Waals surface area contributed by atoms with Gasteiger partial charge in [0, 0.05) is 16.7 Å². The summed E-state index contributed by atoms with van der Waals surface area (Å²) in [6.45, 7) is 4.11. The largest absolute Gasteiger partial charge is 0.493 e. The van der Waals surface area contributed by atoms with Crippen LogP contribution in [0.1, 0.15) is 25.6 Å². The minimum Gasteiger partial charge on any atom is -0.493 e. The molecule has 3 rings (SSSR count). The lowest BCUT2D eigenvalue weighted by atomic mass is 10.2. The van der Waals surface area contributed by atoms with Crippen molar-refractivity contribution in [2.24, 2.45) is 0 Å². The zero-order valence-electron chi connectivity index (χ0n) is 14.5. The van der Waals surface area contributed by atoms with E-state index in [1.807, 2.05) is 22.9 Å². The highest BCUT2D eigenvalue weighted by molar-refractivity contribution is 7.98. The maximum absolute atomic E-state index is 5.36. The fourth-order valence-corrected chi connectivity index (χ4v) is 4.04. The lowest BCUT2D eigenvalue weighted by Crippen LogP contribution is -2.04. The molecule has 0 atom stereocenters. The maximum atomic E-state index is 5.36. The Kier molecular flexibility index (Phi) is 5.54. The van der Waals surface area contributed by atoms with Gasteiger partial charge in [-0.3, -0.25) is 0 Å². The number of methoxy groups -OCH3 is 2. The van der Waals surface area contributed by atoms with Crippen LogP contribution < -0.4 is 9.47 Å². The van der Waals surface area contributed by atoms with Crippen LogP contribution in [-0.4, -0.2) is 39.4 Å². The third-order valence-corrected chi connectivity index (χ3v) is 5.39. The van der Waals surface area contributed by atoms with Crippen LogP contribution in [0.4, 0.5) is 0 Å². The van der Waals surface area contributed by atoms with E-state index in [1.54, 1.807) is 37.3 Å². The average Bonchev–Trinajstić information content (AvgIpc) is 3.28. The third kappa shape index (κ3) is 3.93. The van der Waals surface area contributed by atoms with Crippen LogP contribution >= 0.6 is 23.1 Å². The van der Waals surface area contributed by atoms with Crippen molar-refractivity contribution < 1.29 is 9.47 Å². The average molecular weight is 377 g/mol. The van der Waals surface area contributed by atoms with Crippen LogP contribution in [-0.2, 0) is 5.75 Å². The second-order valence-corrected chi connectivity index (χ2v) is 7.30. The van der Waals surface area contributed by atoms with Crippen molar-refractivity contribution in [2.45, 2.75) is 30.8 Å². The molecule has 0 aliphatic heterocycles. The number of aromatic nitrogens is 5. The molecule has 2 heterocycles. The van der Waals surface area contributed by atoms with Crippen LogP contribution in [0.3, 0.4) is 0 Å². The number of thiazole rings is 1. The molecule has 0 saturated heterocycles. The Morgan fingerprint density at radius 3 is 2.72 bits per heavy atom. The molecule has 0 N–H and O–H groups in total. The number of hydrogen-bond acceptors (Lipinski definition) is 8. The van der Waals surface area contributed by atoms with Crippen LogP contribution in [0, 0.1) is 0 Å². The van der Waals surface area contributed by atoms with Gasteiger partial charge in [0.15, 0.2) is 11.5 Å². The zero-order valence-corrected chi connectivity index (χ0v) is 16.1. The van der Waals surface area contributed by atoms with E-state index in [4.69, 9.17) is 14.5 Å². The topological polar surface area (TPSA) is 75.0 Å². The van der Waals surface area contributed by atoms with E-state index in [9.17, 15) is 0 Å². The van der Waals surface area contributed by atoms with Crippen LogP contribution in [0.25, 0.3) is 10.6 Å². The van der Waals surface area contributed by atoms with Gasteiger partial charge in [-0.05, 0) is 42.5 Å². The molecule has 9 heteroatoms. The summed E-state index contributed by atoms with van der Waals surface area (Å²) in [5.74, 6) is 2.12. The van der Waals surface area contributed by atoms with Gasteiger partial charge in [0.25, 0.3) is 0 Å². The highest BCUT2D eigenvalue weighted by Gasteiger charge is 2.13. The Bertz CT molecular complexity index is 847. The van der Waals surface area contributed by atoms with E-state index in [0.717, 1.165) is 27.2 Å². The quantitative estimate of drug-likeness (QED) is 0.581. The van der Waals surface area contributed by atoms with Crippen molar-refractivity contribution >= 4 is 23.1 Å². The number of nitrogens with zero attached hydrogens (tertiary/aromatic N) is 5. The lowest BCUT2D eigenvalue weighted by molar-refractivity contribution is 0.355. The third-order valence-electron chi connectivity index (χ3n) is 3.48. The monoisotopic (exact) mass is 377 g/mol. The second-order valence-electron chi connectivity index (χ2n) is 5.50. The summed E-state index contributed by atoms with van der Waals surface area (Å²) < 4.78 is 12.4. The molecule has 0 amide bonds. The minimum absolute atomic E-state index is 0.232. The summed E-state index contributed by atoms with van der Waals surface area (Å²) in [4.78, 5) is 4.71. The van der Waals surface area contributed by atoms with E-state index < -0.39 is 0 Å². The molecule has 0 aliphatic rings. The van der Waals surface area contributed by atoms with Crippen molar-refractivity contribution in [3.63, 3.8) is 0 Å². The van der Waals surface area contributed by atoms with E-state index in [1.165, 1.54) is 0 Å². The van der Waals surface area contributed by atoms with E-state index in [0.29, 0.717) is 11.5 Å². The molecule has 25 heavy (non-hydrogen) atoms. The molecule has 1 aromatic carbocycles. The number of tetrazole rings is 1. The molecule has 0 radical (unpaired) electrons. The van der Waals surface area contributed by atoms with Crippen molar-refractivity contribution in [1.29, 1.82) is 0 Å². The predicted molar refractivity (Wildman–Crippen MR) is 98.4 cm³/mol. The molecule has 2 aromatic heterocycles. The molecule has 0 aliphatic carbocycles. The van der Waals surface area contributed by atoms with Gasteiger partial charge in [-0.15, -0.1) is 16.4 Å². The Balaban J connectivity index is 1.73. The van der Waals surface area contributed by atoms with Crippen molar-refractivity contribution in [3.05, 3.63) is 29.3 Å². The second kappa shape index (κ2) is 7.83. The van der Waals surface area contributed by atoms with Gasteiger partial charge in [-0.2, -0.15) is 0 Å². The summed E-state index contributed by atoms with van der Waals surface area (Å²) in [5, 5.41) is 15.6. The van der Waals surface area contributed by atoms with E-state index in [2.05, 4.69) is 34.8 Å². The van der Waals surface area contributed by atoms with E-state index in [-0.39, 0.29) is 6.04 Å². The van der Waals surface area contributed by atoms with Gasteiger partial charge in [-0.1, -0.05) is 11.8 Å². The highest BCUT2D eigenvalue weighted by atomic mass is 32.2. The molecule has 0 bridgehead atoms. The number of rotatable bonds is 7. The first-order chi connectivity index (χ1) is 12.1. The Hall–Kier alpha value is -2.13. The maximum Gasteiger partial charge on any atom is 0.209 e. The lowest BCUT2D eigenvalue weighted by Gasteiger charge is -2.08. The van der Waals surface area contributed by atoms with Crippen molar-refractivity contribution in [2.75, 3.05) is 14.2 Å². The smallest absolute Gasteiger partial charge is 0.209 e. The highest BCUT2D eigenvalue weighted by Crippen LogP contribution is 2.34. The van der Waals surface area contributed by atoms with Gasteiger partial charge in [-0.25, -0.2) is 9.67 Å². The van der Waals surface area contributed by atoms with Crippen LogP contribution in [0.15, 0.2) is 28.7 Å². The SMILES string of the molecule is COc1ccc(-c2nc(CSc3nnnn3C(C)C)cs2)cc1OC. The summed E-state index contributed by atoms with van der Waals surface area (Å²) in [7, 11) is 3.26. The number of ether oxygens (including phenoxy) is 2. The minimum atomic E-state index is 0.232. The standard InChI is InChI=1S/C16H19N5O2S2/c1-10(2)21-16(18-19-20-21)25-9-12-8-24-15(17-12)11-5-6-13(22-3)14(7-11)23-4/h5-8,10H,9H2,1-4H3. The zero-order chi connectivity index (χ0) is 17.8. The van der Waals surface area contributed by atoms with Crippen molar-refractivity contribution in [3.8, 4) is 22.1 Å². The molecule has 0 fully saturated rings. The summed E-state index contributed by atoms with van der Waals surface area (Å²) in [5.41, 5.74) is 2.00. The molecular formula is C16H19N5O2S2. The molecule has 7 nitrogen and oxygen atoms in total. The molecule has 0 saturated carbocycles. The molecule has 3 aromatic rings. The Morgan fingerprint density at radius 1 is 1.20 bits per heavy atom. The number of hydrogen-bond donors (Lipinski definition) is 0. The first-order valence-corrected chi connectivity index (χ1v) is 9.56. The van der Waals surface area contributed by atoms with Gasteiger partial charge in [0.05, 0.1) is 26.0 Å². The van der Waals surface area contributed by atoms with Crippen molar-refractivity contribution in [1.82, 2.24) is 25.2 Å². The van der Waals surface area contributed by atoms with Gasteiger partial charge >= 0.3 is 0 Å². The first-order valence-electron chi connectivity index (χ1n) is 7.69. The summed E-state index contributed by atoms with van der Waals surface area (Å²) >= 11 is 3.19. The normalized spacial score (nSPS) is 11.1. The molecule has 0 spiro atoms. The fourth-order valence-electron chi connectivity index (χ4n) is 2.22. The molecule has 0 unspecified atom stereocenters. The Labute approximate surface area is 154 Å². The van der Waals surface area contributed by atoms with Gasteiger partial charge < -0.3 is 9.47 Å². The van der Waals surface area contributed by atoms with Crippen LogP contribution in [0.2, 0.25) is 0 Å². The van der Waals surface area contributed by atoms with Gasteiger partial charge in [0.2, 0.25) is 5.16 Å². The summed E-state index contributed by atoms with van der Waals surface area (Å²) in [6, 6.07) is 6.04. The number of thioether (sulfide) groups is 1. The van der Waals surface area contributed by atoms with Gasteiger partial charge in [0.1, 0.15) is 5.01 Å². The molecular weight excluding hydrogens is 358 g/mol. The van der Waals surface area contributed by atoms with E-state index >= 15 is 0 Å².